The Hall–Kier alpha value is -0.480. The average Bonchev–Trinajstić information content (AvgIpc) is 2.62. The van der Waals surface area contributed by atoms with Crippen molar-refractivity contribution < 1.29 is 4.74 Å². The lowest BCUT2D eigenvalue weighted by atomic mass is 10.2. The third-order valence-corrected chi connectivity index (χ3v) is 1.59. The second-order valence-corrected chi connectivity index (χ2v) is 2.40. The molecule has 50 valence electrons. The summed E-state index contributed by atoms with van der Waals surface area (Å²) in [6.07, 6.45) is 9.29. The van der Waals surface area contributed by atoms with Gasteiger partial charge in [-0.3, -0.25) is 0 Å². The van der Waals surface area contributed by atoms with Crippen LogP contribution in [0, 0.1) is 12.3 Å². The minimum absolute atomic E-state index is 0.150. The van der Waals surface area contributed by atoms with E-state index in [1.165, 1.54) is 12.8 Å². The third-order valence-electron chi connectivity index (χ3n) is 1.59. The van der Waals surface area contributed by atoms with E-state index in [-0.39, 0.29) is 6.10 Å². The zero-order chi connectivity index (χ0) is 6.69. The van der Waals surface area contributed by atoms with Crippen molar-refractivity contribution in [1.82, 2.24) is 0 Å². The summed E-state index contributed by atoms with van der Waals surface area (Å²) >= 11 is 0. The number of ether oxygens (including phenoxy) is 1. The van der Waals surface area contributed by atoms with Gasteiger partial charge >= 0.3 is 0 Å². The summed E-state index contributed by atoms with van der Waals surface area (Å²) in [7, 11) is 0. The van der Waals surface area contributed by atoms with Crippen molar-refractivity contribution in [2.45, 2.75) is 38.4 Å². The fourth-order valence-corrected chi connectivity index (χ4v) is 0.914. The van der Waals surface area contributed by atoms with E-state index in [9.17, 15) is 0 Å². The Morgan fingerprint density at radius 2 is 2.44 bits per heavy atom. The van der Waals surface area contributed by atoms with E-state index in [2.05, 4.69) is 12.8 Å². The van der Waals surface area contributed by atoms with Crippen LogP contribution in [0.5, 0.6) is 0 Å². The van der Waals surface area contributed by atoms with Gasteiger partial charge < -0.3 is 4.74 Å². The van der Waals surface area contributed by atoms with E-state index in [1.54, 1.807) is 0 Å². The maximum absolute atomic E-state index is 5.13. The highest BCUT2D eigenvalue weighted by Gasteiger charge is 2.35. The minimum atomic E-state index is 0.150. The van der Waals surface area contributed by atoms with Gasteiger partial charge in [0.05, 0.1) is 6.10 Å². The molecule has 0 aromatic heterocycles. The maximum atomic E-state index is 5.13. The largest absolute Gasteiger partial charge is 0.356 e. The van der Waals surface area contributed by atoms with Gasteiger partial charge in [-0.2, -0.15) is 0 Å². The molecular weight excluding hydrogens is 112 g/mol. The Kier molecular flexibility index (Phi) is 2.13. The zero-order valence-electron chi connectivity index (χ0n) is 5.76. The molecule has 0 aromatic carbocycles. The summed E-state index contributed by atoms with van der Waals surface area (Å²) in [5, 5.41) is 0. The third kappa shape index (κ3) is 1.73. The normalized spacial score (nSPS) is 31.6. The fraction of sp³-hybridized carbons (Fsp3) is 0.750. The van der Waals surface area contributed by atoms with Crippen LogP contribution in [0.4, 0.5) is 0 Å². The minimum Gasteiger partial charge on any atom is -0.356 e. The van der Waals surface area contributed by atoms with Crippen LogP contribution < -0.4 is 0 Å². The number of rotatable bonds is 3. The van der Waals surface area contributed by atoms with E-state index in [0.717, 1.165) is 6.42 Å². The number of hydrogen-bond donors (Lipinski definition) is 0. The molecule has 1 rings (SSSR count). The van der Waals surface area contributed by atoms with E-state index in [4.69, 9.17) is 11.2 Å². The Morgan fingerprint density at radius 1 is 1.67 bits per heavy atom. The SMILES string of the molecule is C#C[C@H]1O[C@@H]1CCCC. The van der Waals surface area contributed by atoms with Crippen LogP contribution in [0.3, 0.4) is 0 Å². The van der Waals surface area contributed by atoms with E-state index >= 15 is 0 Å². The van der Waals surface area contributed by atoms with Crippen LogP contribution in [-0.4, -0.2) is 12.2 Å². The van der Waals surface area contributed by atoms with Gasteiger partial charge in [0.1, 0.15) is 6.10 Å². The van der Waals surface area contributed by atoms with Crippen molar-refractivity contribution in [2.24, 2.45) is 0 Å². The van der Waals surface area contributed by atoms with Gasteiger partial charge in [0.25, 0.3) is 0 Å². The summed E-state index contributed by atoms with van der Waals surface area (Å²) in [6, 6.07) is 0. The topological polar surface area (TPSA) is 12.5 Å². The number of hydrogen-bond acceptors (Lipinski definition) is 1. The van der Waals surface area contributed by atoms with Crippen molar-refractivity contribution in [3.05, 3.63) is 0 Å². The molecule has 0 radical (unpaired) electrons. The van der Waals surface area contributed by atoms with Crippen LogP contribution in [-0.2, 0) is 4.74 Å². The summed E-state index contributed by atoms with van der Waals surface area (Å²) in [5.41, 5.74) is 0. The van der Waals surface area contributed by atoms with Gasteiger partial charge in [0.15, 0.2) is 0 Å². The van der Waals surface area contributed by atoms with Gasteiger partial charge in [-0.25, -0.2) is 0 Å². The highest BCUT2D eigenvalue weighted by Crippen LogP contribution is 2.25. The molecule has 1 aliphatic rings. The molecule has 9 heavy (non-hydrogen) atoms. The smallest absolute Gasteiger partial charge is 0.144 e. The molecule has 0 spiro atoms. The van der Waals surface area contributed by atoms with Crippen LogP contribution >= 0.6 is 0 Å². The highest BCUT2D eigenvalue weighted by molar-refractivity contribution is 5.07. The molecule has 1 heteroatoms. The number of epoxide rings is 1. The quantitative estimate of drug-likeness (QED) is 0.411. The first kappa shape index (κ1) is 6.64. The molecule has 2 atom stereocenters. The van der Waals surface area contributed by atoms with Crippen molar-refractivity contribution in [3.63, 3.8) is 0 Å². The molecule has 1 nitrogen and oxygen atoms in total. The zero-order valence-corrected chi connectivity index (χ0v) is 5.76. The molecule has 0 aliphatic carbocycles. The van der Waals surface area contributed by atoms with Crippen molar-refractivity contribution in [2.75, 3.05) is 0 Å². The molecule has 0 N–H and O–H groups in total. The standard InChI is InChI=1S/C8H12O/c1-3-5-6-8-7(4-2)9-8/h2,7-8H,3,5-6H2,1H3/t7-,8-/m1/s1. The summed E-state index contributed by atoms with van der Waals surface area (Å²) in [5.74, 6) is 2.58. The predicted molar refractivity (Wildman–Crippen MR) is 37.0 cm³/mol. The molecule has 0 saturated carbocycles. The molecule has 0 unspecified atom stereocenters. The molecule has 1 fully saturated rings. The molecule has 1 saturated heterocycles. The summed E-state index contributed by atoms with van der Waals surface area (Å²) in [4.78, 5) is 0. The summed E-state index contributed by atoms with van der Waals surface area (Å²) < 4.78 is 5.13. The number of unbranched alkanes of at least 4 members (excludes halogenated alkanes) is 1. The number of terminal acetylenes is 1. The van der Waals surface area contributed by atoms with Crippen molar-refractivity contribution in [3.8, 4) is 12.3 Å². The Balaban J connectivity index is 2.00. The van der Waals surface area contributed by atoms with Gasteiger partial charge in [-0.15, -0.1) is 6.42 Å². The van der Waals surface area contributed by atoms with Crippen molar-refractivity contribution in [1.29, 1.82) is 0 Å². The van der Waals surface area contributed by atoms with Crippen LogP contribution in [0.2, 0.25) is 0 Å². The Morgan fingerprint density at radius 3 is 2.89 bits per heavy atom. The lowest BCUT2D eigenvalue weighted by Gasteiger charge is -1.87. The van der Waals surface area contributed by atoms with E-state index < -0.39 is 0 Å². The maximum Gasteiger partial charge on any atom is 0.144 e. The average molecular weight is 124 g/mol. The molecular formula is C8H12O. The van der Waals surface area contributed by atoms with Gasteiger partial charge in [0.2, 0.25) is 0 Å². The van der Waals surface area contributed by atoms with Crippen LogP contribution in [0.25, 0.3) is 0 Å². The Labute approximate surface area is 56.4 Å². The first-order valence-electron chi connectivity index (χ1n) is 3.50. The van der Waals surface area contributed by atoms with Crippen LogP contribution in [0.15, 0.2) is 0 Å². The van der Waals surface area contributed by atoms with Crippen LogP contribution in [0.1, 0.15) is 26.2 Å². The fourth-order valence-electron chi connectivity index (χ4n) is 0.914. The molecule has 0 bridgehead atoms. The molecule has 0 amide bonds. The lowest BCUT2D eigenvalue weighted by molar-refractivity contribution is 0.377. The van der Waals surface area contributed by atoms with Gasteiger partial charge in [-0.05, 0) is 6.42 Å². The van der Waals surface area contributed by atoms with E-state index in [1.807, 2.05) is 0 Å². The highest BCUT2D eigenvalue weighted by atomic mass is 16.6. The van der Waals surface area contributed by atoms with E-state index in [0.29, 0.717) is 6.10 Å². The predicted octanol–water partition coefficient (Wildman–Crippen LogP) is 1.58. The van der Waals surface area contributed by atoms with Gasteiger partial charge in [-0.1, -0.05) is 25.7 Å². The molecule has 1 heterocycles. The summed E-state index contributed by atoms with van der Waals surface area (Å²) in [6.45, 7) is 2.17. The molecule has 1 aliphatic heterocycles. The first-order chi connectivity index (χ1) is 4.38. The van der Waals surface area contributed by atoms with Gasteiger partial charge in [0, 0.05) is 0 Å². The first-order valence-corrected chi connectivity index (χ1v) is 3.50. The Bertz CT molecular complexity index is 123. The monoisotopic (exact) mass is 124 g/mol. The molecule has 0 aromatic rings. The lowest BCUT2D eigenvalue weighted by Crippen LogP contribution is -1.89. The second-order valence-electron chi connectivity index (χ2n) is 2.40. The van der Waals surface area contributed by atoms with Crippen molar-refractivity contribution >= 4 is 0 Å². The second kappa shape index (κ2) is 2.89.